The summed E-state index contributed by atoms with van der Waals surface area (Å²) < 4.78 is 1.99. The number of aliphatic hydroxyl groups excluding tert-OH is 1. The lowest BCUT2D eigenvalue weighted by Gasteiger charge is -2.58. The number of nitrogens with zero attached hydrogens (tertiary/aromatic N) is 3. The molecule has 58 heavy (non-hydrogen) atoms. The van der Waals surface area contributed by atoms with Gasteiger partial charge in [0.25, 0.3) is 0 Å². The average molecular weight is 783 g/mol. The third-order valence-corrected chi connectivity index (χ3v) is 16.0. The minimum Gasteiger partial charge on any atom is -0.390 e. The number of rotatable bonds is 8. The molecule has 2 spiro atoms. The standard InChI is InChI=1S/C48H58N6O4/c1-44(56)33-12-14-38-42-39(44)23-41(55)48(42,58)27-36(53-43(49)51-18-15-31-7-3-2-4-8-31)13-11-34-24-45(16-17-46(57,28-45)29-54-20-19-50-30-54)25-35(47(34,38)26-33)22-37-21-32-9-5-6-10-40(32)52-37/h2-10,19-21,25,30,33-34,36,38-39,41-42,52,55-58H,12,14-18,22-24,26-29H2,1H3,(H3,49,51,53)/t33-,34+,36+,38-,39+,41+,42+,44-,45+,46-,47+,48+/m1/s1. The fourth-order valence-electron chi connectivity index (χ4n) is 13.5. The number of aromatic nitrogens is 3. The van der Waals surface area contributed by atoms with Gasteiger partial charge in [-0.25, -0.2) is 4.98 Å². The van der Waals surface area contributed by atoms with E-state index in [9.17, 15) is 20.4 Å². The van der Waals surface area contributed by atoms with Gasteiger partial charge in [0.2, 0.25) is 0 Å². The topological polar surface area (TPSA) is 165 Å². The molecule has 0 unspecified atom stereocenters. The lowest BCUT2D eigenvalue weighted by Crippen LogP contribution is -2.56. The summed E-state index contributed by atoms with van der Waals surface area (Å²) in [7, 11) is 0. The van der Waals surface area contributed by atoms with Gasteiger partial charge >= 0.3 is 0 Å². The molecule has 4 aromatic rings. The summed E-state index contributed by atoms with van der Waals surface area (Å²) in [6.45, 7) is 2.97. The van der Waals surface area contributed by atoms with Crippen LogP contribution in [0.1, 0.15) is 76.0 Å². The molecule has 2 heterocycles. The van der Waals surface area contributed by atoms with Crippen LogP contribution in [0.15, 0.2) is 96.0 Å². The van der Waals surface area contributed by atoms with Gasteiger partial charge in [-0.15, -0.1) is 0 Å². The van der Waals surface area contributed by atoms with Crippen LogP contribution >= 0.6 is 0 Å². The molecule has 10 nitrogen and oxygen atoms in total. The first kappa shape index (κ1) is 37.8. The zero-order valence-electron chi connectivity index (χ0n) is 33.5. The van der Waals surface area contributed by atoms with Crippen LogP contribution in [0.3, 0.4) is 0 Å². The summed E-state index contributed by atoms with van der Waals surface area (Å²) in [4.78, 5) is 12.7. The quantitative estimate of drug-likeness (QED) is 0.0554. The predicted molar refractivity (Wildman–Crippen MR) is 224 cm³/mol. The van der Waals surface area contributed by atoms with Crippen LogP contribution in [0, 0.1) is 52.3 Å². The Hall–Kier alpha value is -4.40. The molecule has 12 atom stereocenters. The maximum absolute atomic E-state index is 13.2. The van der Waals surface area contributed by atoms with Gasteiger partial charge in [0, 0.05) is 54.3 Å². The molecule has 0 radical (unpaired) electrons. The van der Waals surface area contributed by atoms with Gasteiger partial charge < -0.3 is 41.0 Å². The average Bonchev–Trinajstić information content (AvgIpc) is 3.96. The van der Waals surface area contributed by atoms with E-state index in [1.165, 1.54) is 11.1 Å². The van der Waals surface area contributed by atoms with Crippen molar-refractivity contribution in [1.82, 2.24) is 19.9 Å². The number of aliphatic hydroxyl groups is 4. The van der Waals surface area contributed by atoms with Crippen LogP contribution in [-0.2, 0) is 19.4 Å². The number of hydrogen-bond acceptors (Lipinski definition) is 6. The largest absolute Gasteiger partial charge is 0.390 e. The van der Waals surface area contributed by atoms with Gasteiger partial charge in [-0.3, -0.25) is 4.99 Å². The van der Waals surface area contributed by atoms with Gasteiger partial charge in [0.05, 0.1) is 41.8 Å². The number of fused-ring (bicyclic) bond motifs is 2. The van der Waals surface area contributed by atoms with Gasteiger partial charge in [-0.1, -0.05) is 72.0 Å². The molecule has 4 bridgehead atoms. The molecular formula is C48H58N6O4. The highest BCUT2D eigenvalue weighted by atomic mass is 16.3. The van der Waals surface area contributed by atoms with Crippen LogP contribution < -0.4 is 11.1 Å². The number of benzene rings is 2. The number of para-hydroxylation sites is 1. The highest BCUT2D eigenvalue weighted by Crippen LogP contribution is 2.72. The lowest BCUT2D eigenvalue weighted by molar-refractivity contribution is -0.128. The molecule has 7 aliphatic carbocycles. The van der Waals surface area contributed by atoms with Crippen molar-refractivity contribution < 1.29 is 20.4 Å². The summed E-state index contributed by atoms with van der Waals surface area (Å²) in [5.74, 6) is 7.02. The van der Waals surface area contributed by atoms with E-state index >= 15 is 0 Å². The van der Waals surface area contributed by atoms with Crippen molar-refractivity contribution in [1.29, 1.82) is 0 Å². The third-order valence-electron chi connectivity index (χ3n) is 16.0. The van der Waals surface area contributed by atoms with Crippen LogP contribution in [-0.4, -0.2) is 76.4 Å². The number of nitrogens with one attached hydrogen (secondary N) is 2. The van der Waals surface area contributed by atoms with Gasteiger partial charge in [0.1, 0.15) is 0 Å². The highest BCUT2D eigenvalue weighted by Gasteiger charge is 2.72. The first-order chi connectivity index (χ1) is 27.9. The van der Waals surface area contributed by atoms with Crippen molar-refractivity contribution in [2.75, 3.05) is 6.54 Å². The van der Waals surface area contributed by atoms with Crippen molar-refractivity contribution in [3.05, 3.63) is 102 Å². The van der Waals surface area contributed by atoms with Crippen molar-refractivity contribution in [2.45, 2.75) is 113 Å². The van der Waals surface area contributed by atoms with E-state index in [2.05, 4.69) is 80.7 Å². The van der Waals surface area contributed by atoms with Crippen LogP contribution in [0.4, 0.5) is 0 Å². The molecule has 304 valence electrons. The molecule has 2 aromatic heterocycles. The number of nitrogens with two attached hydrogens (primary N) is 1. The second kappa shape index (κ2) is 13.8. The minimum atomic E-state index is -1.50. The Morgan fingerprint density at radius 1 is 1.02 bits per heavy atom. The summed E-state index contributed by atoms with van der Waals surface area (Å²) in [5.41, 5.74) is 7.06. The SMILES string of the molecule is C[C@@]1(O)[C@@H]2CC[C@@H]3[C@H]4[C@@H]1C[C@H](O)[C@@]4(O)C[C@@H](NC(N)=NCCc1ccccc1)C#C[C@H]1C[C@]4(C=C(Cc5cc6ccccc6[nH]5)[C@@]31C2)CC[C@](O)(Cn1ccnc1)C4. The van der Waals surface area contributed by atoms with E-state index in [4.69, 9.17) is 5.73 Å². The van der Waals surface area contributed by atoms with Crippen LogP contribution in [0.5, 0.6) is 0 Å². The number of aromatic amines is 1. The summed E-state index contributed by atoms with van der Waals surface area (Å²) in [5, 5.41) is 54.8. The number of imidazole rings is 1. The van der Waals surface area contributed by atoms with E-state index < -0.39 is 34.4 Å². The molecular weight excluding hydrogens is 725 g/mol. The molecule has 0 saturated heterocycles. The van der Waals surface area contributed by atoms with Crippen molar-refractivity contribution in [3.8, 4) is 11.8 Å². The number of guanidine groups is 1. The summed E-state index contributed by atoms with van der Waals surface area (Å²) in [6.07, 6.45) is 14.3. The molecule has 8 N–H and O–H groups in total. The first-order valence-corrected chi connectivity index (χ1v) is 21.6. The first-order valence-electron chi connectivity index (χ1n) is 21.6. The Labute approximate surface area is 341 Å². The number of H-pyrrole nitrogens is 1. The molecule has 2 aromatic carbocycles. The Kier molecular flexibility index (Phi) is 9.03. The monoisotopic (exact) mass is 782 g/mol. The lowest BCUT2D eigenvalue weighted by atomic mass is 9.46. The Balaban J connectivity index is 1.10. The molecule has 0 amide bonds. The van der Waals surface area contributed by atoms with E-state index in [1.807, 2.05) is 35.9 Å². The van der Waals surface area contributed by atoms with Crippen molar-refractivity contribution in [3.63, 3.8) is 0 Å². The zero-order chi connectivity index (χ0) is 39.9. The second-order valence-electron chi connectivity index (χ2n) is 19.4. The summed E-state index contributed by atoms with van der Waals surface area (Å²) >= 11 is 0. The Morgan fingerprint density at radius 2 is 1.84 bits per heavy atom. The maximum Gasteiger partial charge on any atom is 0.189 e. The number of hydrogen-bond donors (Lipinski definition) is 7. The van der Waals surface area contributed by atoms with Gasteiger partial charge in [0.15, 0.2) is 5.96 Å². The maximum atomic E-state index is 13.2. The van der Waals surface area contributed by atoms with E-state index in [1.54, 1.807) is 12.5 Å². The minimum absolute atomic E-state index is 0.0137. The molecule has 5 saturated carbocycles. The Morgan fingerprint density at radius 3 is 2.66 bits per heavy atom. The van der Waals surface area contributed by atoms with Crippen molar-refractivity contribution >= 4 is 16.9 Å². The summed E-state index contributed by atoms with van der Waals surface area (Å²) in [6, 6.07) is 20.3. The van der Waals surface area contributed by atoms with Gasteiger partial charge in [-0.2, -0.15) is 0 Å². The van der Waals surface area contributed by atoms with Crippen molar-refractivity contribution in [2.24, 2.45) is 51.1 Å². The molecule has 5 fully saturated rings. The molecule has 10 heteroatoms. The van der Waals surface area contributed by atoms with E-state index in [0.717, 1.165) is 55.1 Å². The normalized spacial score (nSPS) is 40.3. The third kappa shape index (κ3) is 6.23. The zero-order valence-corrected chi connectivity index (χ0v) is 33.5. The fraction of sp³-hybridized carbons (Fsp3) is 0.542. The Bertz CT molecular complexity index is 2260. The molecule has 11 rings (SSSR count). The van der Waals surface area contributed by atoms with Gasteiger partial charge in [-0.05, 0) is 117 Å². The fourth-order valence-corrected chi connectivity index (χ4v) is 13.5. The van der Waals surface area contributed by atoms with Crippen LogP contribution in [0.25, 0.3) is 10.9 Å². The predicted octanol–water partition coefficient (Wildman–Crippen LogP) is 5.27. The molecule has 0 aliphatic heterocycles. The van der Waals surface area contributed by atoms with E-state index in [0.29, 0.717) is 38.8 Å². The highest BCUT2D eigenvalue weighted by molar-refractivity contribution is 5.80. The van der Waals surface area contributed by atoms with E-state index in [-0.39, 0.29) is 47.4 Å². The number of aliphatic imine (C=N–C) groups is 1. The number of allylic oxidation sites excluding steroid dienone is 2. The second-order valence-corrected chi connectivity index (χ2v) is 19.4. The van der Waals surface area contributed by atoms with Crippen LogP contribution in [0.2, 0.25) is 0 Å². The molecule has 7 aliphatic rings. The smallest absolute Gasteiger partial charge is 0.189 e.